The summed E-state index contributed by atoms with van der Waals surface area (Å²) >= 11 is 0. The van der Waals surface area contributed by atoms with E-state index in [2.05, 4.69) is 9.80 Å². The summed E-state index contributed by atoms with van der Waals surface area (Å²) in [7, 11) is 0. The second-order valence-corrected chi connectivity index (χ2v) is 6.27. The SMILES string of the molecule is Cc1ccc(N2CCCC(N3CCCC3)CC2)c(F)c1. The van der Waals surface area contributed by atoms with Gasteiger partial charge in [0.05, 0.1) is 5.69 Å². The van der Waals surface area contributed by atoms with Crippen LogP contribution >= 0.6 is 0 Å². The lowest BCUT2D eigenvalue weighted by Crippen LogP contribution is -2.34. The fraction of sp³-hybridized carbons (Fsp3) is 0.647. The normalized spacial score (nSPS) is 24.9. The molecule has 3 rings (SSSR count). The maximum absolute atomic E-state index is 14.1. The molecule has 3 heteroatoms. The van der Waals surface area contributed by atoms with Gasteiger partial charge < -0.3 is 9.80 Å². The molecule has 0 amide bonds. The summed E-state index contributed by atoms with van der Waals surface area (Å²) in [6.45, 7) is 6.46. The Morgan fingerprint density at radius 2 is 1.80 bits per heavy atom. The average Bonchev–Trinajstić information content (AvgIpc) is 2.85. The third-order valence-corrected chi connectivity index (χ3v) is 4.80. The van der Waals surface area contributed by atoms with Crippen molar-refractivity contribution >= 4 is 5.69 Å². The van der Waals surface area contributed by atoms with Crippen molar-refractivity contribution in [3.63, 3.8) is 0 Å². The highest BCUT2D eigenvalue weighted by Crippen LogP contribution is 2.26. The third kappa shape index (κ3) is 2.98. The van der Waals surface area contributed by atoms with Gasteiger partial charge in [0.15, 0.2) is 0 Å². The van der Waals surface area contributed by atoms with Crippen LogP contribution in [0.3, 0.4) is 0 Å². The largest absolute Gasteiger partial charge is 0.369 e. The third-order valence-electron chi connectivity index (χ3n) is 4.80. The second-order valence-electron chi connectivity index (χ2n) is 6.27. The number of hydrogen-bond acceptors (Lipinski definition) is 2. The zero-order valence-electron chi connectivity index (χ0n) is 12.4. The van der Waals surface area contributed by atoms with Gasteiger partial charge in [-0.2, -0.15) is 0 Å². The van der Waals surface area contributed by atoms with E-state index in [0.29, 0.717) is 0 Å². The molecular formula is C17H25FN2. The van der Waals surface area contributed by atoms with E-state index < -0.39 is 0 Å². The van der Waals surface area contributed by atoms with Crippen molar-refractivity contribution in [2.75, 3.05) is 31.1 Å². The van der Waals surface area contributed by atoms with E-state index in [-0.39, 0.29) is 5.82 Å². The molecule has 20 heavy (non-hydrogen) atoms. The molecule has 1 aromatic rings. The first-order chi connectivity index (χ1) is 9.74. The minimum Gasteiger partial charge on any atom is -0.369 e. The monoisotopic (exact) mass is 276 g/mol. The lowest BCUT2D eigenvalue weighted by Gasteiger charge is -2.27. The minimum atomic E-state index is -0.0652. The number of aryl methyl sites for hydroxylation is 1. The molecule has 2 nitrogen and oxygen atoms in total. The topological polar surface area (TPSA) is 6.48 Å². The van der Waals surface area contributed by atoms with E-state index in [9.17, 15) is 4.39 Å². The molecule has 2 aliphatic rings. The highest BCUT2D eigenvalue weighted by molar-refractivity contribution is 5.49. The zero-order chi connectivity index (χ0) is 13.9. The minimum absolute atomic E-state index is 0.0652. The van der Waals surface area contributed by atoms with E-state index in [1.165, 1.54) is 45.2 Å². The number of nitrogens with zero attached hydrogens (tertiary/aromatic N) is 2. The van der Waals surface area contributed by atoms with Gasteiger partial charge in [-0.15, -0.1) is 0 Å². The molecule has 0 saturated carbocycles. The fourth-order valence-electron chi connectivity index (χ4n) is 3.66. The van der Waals surface area contributed by atoms with Crippen molar-refractivity contribution in [2.45, 2.75) is 45.1 Å². The highest BCUT2D eigenvalue weighted by atomic mass is 19.1. The summed E-state index contributed by atoms with van der Waals surface area (Å²) in [6.07, 6.45) is 6.32. The number of halogens is 1. The van der Waals surface area contributed by atoms with Gasteiger partial charge in [0.2, 0.25) is 0 Å². The van der Waals surface area contributed by atoms with Crippen molar-refractivity contribution in [1.82, 2.24) is 4.90 Å². The second kappa shape index (κ2) is 6.13. The zero-order valence-corrected chi connectivity index (χ0v) is 12.4. The molecule has 1 atom stereocenters. The van der Waals surface area contributed by atoms with Gasteiger partial charge in [0.1, 0.15) is 5.82 Å². The lowest BCUT2D eigenvalue weighted by molar-refractivity contribution is 0.225. The van der Waals surface area contributed by atoms with Crippen LogP contribution in [-0.2, 0) is 0 Å². The van der Waals surface area contributed by atoms with E-state index in [1.807, 2.05) is 19.1 Å². The number of hydrogen-bond donors (Lipinski definition) is 0. The first kappa shape index (κ1) is 13.9. The Bertz CT molecular complexity index is 454. The maximum atomic E-state index is 14.1. The molecule has 2 heterocycles. The van der Waals surface area contributed by atoms with Crippen LogP contribution in [-0.4, -0.2) is 37.1 Å². The van der Waals surface area contributed by atoms with Gasteiger partial charge in [-0.25, -0.2) is 4.39 Å². The van der Waals surface area contributed by atoms with Crippen LogP contribution in [0.1, 0.15) is 37.7 Å². The molecule has 0 N–H and O–H groups in total. The standard InChI is InChI=1S/C17H25FN2/c1-14-6-7-17(16(18)13-14)20-11-4-5-15(8-12-20)19-9-2-3-10-19/h6-7,13,15H,2-5,8-12H2,1H3. The molecule has 0 aromatic heterocycles. The molecule has 2 aliphatic heterocycles. The summed E-state index contributed by atoms with van der Waals surface area (Å²) < 4.78 is 14.1. The van der Waals surface area contributed by atoms with Crippen LogP contribution in [0.25, 0.3) is 0 Å². The molecule has 0 aliphatic carbocycles. The smallest absolute Gasteiger partial charge is 0.146 e. The lowest BCUT2D eigenvalue weighted by atomic mass is 10.1. The maximum Gasteiger partial charge on any atom is 0.146 e. The Kier molecular flexibility index (Phi) is 4.25. The van der Waals surface area contributed by atoms with Crippen molar-refractivity contribution in [2.24, 2.45) is 0 Å². The molecule has 0 spiro atoms. The van der Waals surface area contributed by atoms with Crippen molar-refractivity contribution < 1.29 is 4.39 Å². The van der Waals surface area contributed by atoms with Crippen LogP contribution in [0.2, 0.25) is 0 Å². The number of rotatable bonds is 2. The van der Waals surface area contributed by atoms with Crippen LogP contribution in [0.4, 0.5) is 10.1 Å². The molecular weight excluding hydrogens is 251 g/mol. The van der Waals surface area contributed by atoms with Gasteiger partial charge in [0, 0.05) is 19.1 Å². The summed E-state index contributed by atoms with van der Waals surface area (Å²) in [6, 6.07) is 6.33. The van der Waals surface area contributed by atoms with E-state index >= 15 is 0 Å². The number of benzene rings is 1. The van der Waals surface area contributed by atoms with Gasteiger partial charge in [0.25, 0.3) is 0 Å². The van der Waals surface area contributed by atoms with Crippen molar-refractivity contribution in [3.05, 3.63) is 29.6 Å². The summed E-state index contributed by atoms with van der Waals surface area (Å²) in [4.78, 5) is 4.89. The molecule has 2 saturated heterocycles. The van der Waals surface area contributed by atoms with Gasteiger partial charge in [-0.05, 0) is 69.8 Å². The summed E-state index contributed by atoms with van der Waals surface area (Å²) in [5, 5.41) is 0. The molecule has 2 fully saturated rings. The van der Waals surface area contributed by atoms with Gasteiger partial charge >= 0.3 is 0 Å². The molecule has 110 valence electrons. The Balaban J connectivity index is 1.67. The van der Waals surface area contributed by atoms with Crippen molar-refractivity contribution in [3.8, 4) is 0 Å². The van der Waals surface area contributed by atoms with Crippen LogP contribution in [0.5, 0.6) is 0 Å². The first-order valence-electron chi connectivity index (χ1n) is 7.99. The predicted octanol–water partition coefficient (Wildman–Crippen LogP) is 3.59. The molecule has 1 unspecified atom stereocenters. The van der Waals surface area contributed by atoms with Crippen molar-refractivity contribution in [1.29, 1.82) is 0 Å². The Labute approximate surface area is 121 Å². The van der Waals surface area contributed by atoms with Crippen LogP contribution in [0.15, 0.2) is 18.2 Å². The Hall–Kier alpha value is -1.09. The Morgan fingerprint density at radius 3 is 2.55 bits per heavy atom. The molecule has 1 aromatic carbocycles. The quantitative estimate of drug-likeness (QED) is 0.814. The number of likely N-dealkylation sites (tertiary alicyclic amines) is 1. The fourth-order valence-corrected chi connectivity index (χ4v) is 3.66. The number of anilines is 1. The average molecular weight is 276 g/mol. The first-order valence-corrected chi connectivity index (χ1v) is 7.99. The van der Waals surface area contributed by atoms with E-state index in [4.69, 9.17) is 0 Å². The van der Waals surface area contributed by atoms with Crippen LogP contribution < -0.4 is 4.90 Å². The molecule has 0 bridgehead atoms. The van der Waals surface area contributed by atoms with Gasteiger partial charge in [-0.1, -0.05) is 6.07 Å². The summed E-state index contributed by atoms with van der Waals surface area (Å²) in [5.74, 6) is -0.0652. The van der Waals surface area contributed by atoms with Crippen LogP contribution in [0, 0.1) is 12.7 Å². The predicted molar refractivity (Wildman–Crippen MR) is 81.8 cm³/mol. The Morgan fingerprint density at radius 1 is 1.00 bits per heavy atom. The van der Waals surface area contributed by atoms with E-state index in [0.717, 1.165) is 30.4 Å². The summed E-state index contributed by atoms with van der Waals surface area (Å²) in [5.41, 5.74) is 1.79. The highest BCUT2D eigenvalue weighted by Gasteiger charge is 2.25. The molecule has 0 radical (unpaired) electrons. The van der Waals surface area contributed by atoms with E-state index in [1.54, 1.807) is 6.07 Å². The van der Waals surface area contributed by atoms with Gasteiger partial charge in [-0.3, -0.25) is 0 Å².